The van der Waals surface area contributed by atoms with Crippen molar-refractivity contribution in [2.45, 2.75) is 456 Å². The Balaban J connectivity index is 3.33. The van der Waals surface area contributed by atoms with Gasteiger partial charge in [0.15, 0.2) is 0 Å². The van der Waals surface area contributed by atoms with Crippen LogP contribution in [0.3, 0.4) is 0 Å². The van der Waals surface area contributed by atoms with Crippen LogP contribution in [0.4, 0.5) is 0 Å². The third-order valence-electron chi connectivity index (χ3n) is 18.3. The van der Waals surface area contributed by atoms with E-state index in [-0.39, 0.29) is 18.5 Å². The number of aliphatic hydroxyl groups is 2. The highest BCUT2D eigenvalue weighted by Gasteiger charge is 2.20. The lowest BCUT2D eigenvalue weighted by atomic mass is 10.0. The summed E-state index contributed by atoms with van der Waals surface area (Å²) < 4.78 is 5.51. The van der Waals surface area contributed by atoms with E-state index in [0.29, 0.717) is 25.9 Å². The lowest BCUT2D eigenvalue weighted by molar-refractivity contribution is -0.143. The molecule has 0 aromatic rings. The normalized spacial score (nSPS) is 12.5. The molecule has 0 spiro atoms. The van der Waals surface area contributed by atoms with E-state index < -0.39 is 12.1 Å². The van der Waals surface area contributed by atoms with Crippen LogP contribution >= 0.6 is 0 Å². The monoisotopic (exact) mass is 1170 g/mol. The number of unbranched alkanes of at least 4 members (excludes halogenated alkanes) is 60. The van der Waals surface area contributed by atoms with Crippen LogP contribution in [0.25, 0.3) is 0 Å². The number of allylic oxidation sites excluding steroid dienone is 2. The maximum atomic E-state index is 12.6. The highest BCUT2D eigenvalue weighted by Crippen LogP contribution is 2.20. The fourth-order valence-electron chi connectivity index (χ4n) is 12.5. The van der Waals surface area contributed by atoms with Gasteiger partial charge in [0.1, 0.15) is 0 Å². The number of hydrogen-bond donors (Lipinski definition) is 3. The molecule has 0 aliphatic carbocycles. The van der Waals surface area contributed by atoms with Crippen LogP contribution < -0.4 is 5.32 Å². The molecule has 1 amide bonds. The molecule has 2 unspecified atom stereocenters. The molecule has 0 saturated carbocycles. The van der Waals surface area contributed by atoms with Gasteiger partial charge in [-0.1, -0.05) is 392 Å². The van der Waals surface area contributed by atoms with Gasteiger partial charge in [-0.3, -0.25) is 9.59 Å². The summed E-state index contributed by atoms with van der Waals surface area (Å²) in [6, 6.07) is -0.539. The highest BCUT2D eigenvalue weighted by molar-refractivity contribution is 5.76. The lowest BCUT2D eigenvalue weighted by Crippen LogP contribution is -2.45. The van der Waals surface area contributed by atoms with E-state index in [2.05, 4.69) is 31.3 Å². The first-order valence-corrected chi connectivity index (χ1v) is 38.4. The minimum atomic E-state index is -0.662. The number of carbonyl (C=O) groups is 2. The van der Waals surface area contributed by atoms with E-state index in [1.807, 2.05) is 0 Å². The number of carbonyl (C=O) groups excluding carboxylic acids is 2. The van der Waals surface area contributed by atoms with Gasteiger partial charge in [-0.2, -0.15) is 0 Å². The molecule has 0 saturated heterocycles. The molecule has 494 valence electrons. The predicted octanol–water partition coefficient (Wildman–Crippen LogP) is 25.1. The van der Waals surface area contributed by atoms with Crippen LogP contribution in [0.1, 0.15) is 444 Å². The Morgan fingerprint density at radius 2 is 0.566 bits per heavy atom. The Morgan fingerprint density at radius 1 is 0.325 bits per heavy atom. The lowest BCUT2D eigenvalue weighted by Gasteiger charge is -2.22. The number of esters is 1. The smallest absolute Gasteiger partial charge is 0.305 e. The van der Waals surface area contributed by atoms with E-state index in [4.69, 9.17) is 4.74 Å². The number of aliphatic hydroxyl groups excluding tert-OH is 2. The van der Waals surface area contributed by atoms with E-state index in [9.17, 15) is 19.8 Å². The van der Waals surface area contributed by atoms with E-state index in [0.717, 1.165) is 44.9 Å². The van der Waals surface area contributed by atoms with Crippen molar-refractivity contribution in [1.29, 1.82) is 0 Å². The van der Waals surface area contributed by atoms with Crippen LogP contribution in [0, 0.1) is 0 Å². The van der Waals surface area contributed by atoms with Crippen molar-refractivity contribution in [2.75, 3.05) is 13.2 Å². The molecule has 83 heavy (non-hydrogen) atoms. The van der Waals surface area contributed by atoms with Gasteiger partial charge in [0.2, 0.25) is 5.91 Å². The first-order chi connectivity index (χ1) is 41.0. The van der Waals surface area contributed by atoms with Crippen LogP contribution in [0.15, 0.2) is 12.2 Å². The summed E-state index contributed by atoms with van der Waals surface area (Å²) in [7, 11) is 0. The molecule has 0 aliphatic rings. The van der Waals surface area contributed by atoms with Crippen LogP contribution in [-0.2, 0) is 14.3 Å². The van der Waals surface area contributed by atoms with Crippen molar-refractivity contribution in [3.63, 3.8) is 0 Å². The number of nitrogens with one attached hydrogen (secondary N) is 1. The summed E-state index contributed by atoms with van der Waals surface area (Å²) in [5, 5.41) is 23.4. The van der Waals surface area contributed by atoms with Crippen LogP contribution in [0.2, 0.25) is 0 Å². The van der Waals surface area contributed by atoms with Gasteiger partial charge < -0.3 is 20.3 Å². The van der Waals surface area contributed by atoms with Crippen LogP contribution in [-0.4, -0.2) is 47.4 Å². The maximum absolute atomic E-state index is 12.6. The van der Waals surface area contributed by atoms with Gasteiger partial charge in [0.05, 0.1) is 25.4 Å². The summed E-state index contributed by atoms with van der Waals surface area (Å²) >= 11 is 0. The Kier molecular flexibility index (Phi) is 71.8. The molecule has 0 bridgehead atoms. The second kappa shape index (κ2) is 73.1. The molecule has 0 aliphatic heterocycles. The minimum Gasteiger partial charge on any atom is -0.466 e. The molecule has 0 rings (SSSR count). The summed E-state index contributed by atoms with van der Waals surface area (Å²) in [5.74, 6) is -0.00932. The molecule has 0 aromatic carbocycles. The first kappa shape index (κ1) is 81.6. The number of hydrogen-bond acceptors (Lipinski definition) is 5. The molecular weight excluding hydrogens is 1020 g/mol. The van der Waals surface area contributed by atoms with Crippen molar-refractivity contribution in [2.24, 2.45) is 0 Å². The molecular formula is C77H151NO5. The van der Waals surface area contributed by atoms with E-state index in [1.165, 1.54) is 366 Å². The molecule has 0 fully saturated rings. The Bertz CT molecular complexity index is 1260. The molecule has 6 heteroatoms. The number of amides is 1. The molecule has 6 nitrogen and oxygen atoms in total. The van der Waals surface area contributed by atoms with Crippen molar-refractivity contribution in [1.82, 2.24) is 5.32 Å². The zero-order chi connectivity index (χ0) is 59.9. The average Bonchev–Trinajstić information content (AvgIpc) is 3.49. The molecule has 3 N–H and O–H groups in total. The summed E-state index contributed by atoms with van der Waals surface area (Å²) in [6.07, 6.45) is 91.4. The Morgan fingerprint density at radius 3 is 0.855 bits per heavy atom. The summed E-state index contributed by atoms with van der Waals surface area (Å²) in [5.41, 5.74) is 0. The fraction of sp³-hybridized carbons (Fsp3) is 0.948. The SMILES string of the molecule is CCCCCCCCC/C=C\CCCCCCCCCC(=O)OCCCCCCCCCCCCCCCCCCCCCCCCCCCCCCC(=O)NC(CO)C(O)CCCCCCCCCCCCCCCCCCCCCC. The Labute approximate surface area is 520 Å². The quantitative estimate of drug-likeness (QED) is 0.0320. The molecule has 0 aromatic heterocycles. The fourth-order valence-corrected chi connectivity index (χ4v) is 12.5. The van der Waals surface area contributed by atoms with E-state index >= 15 is 0 Å². The first-order valence-electron chi connectivity index (χ1n) is 38.4. The third kappa shape index (κ3) is 69.6. The van der Waals surface area contributed by atoms with Crippen molar-refractivity contribution < 1.29 is 24.5 Å². The largest absolute Gasteiger partial charge is 0.466 e. The number of ether oxygens (including phenoxy) is 1. The number of rotatable bonds is 73. The predicted molar refractivity (Wildman–Crippen MR) is 366 cm³/mol. The van der Waals surface area contributed by atoms with Crippen LogP contribution in [0.5, 0.6) is 0 Å². The topological polar surface area (TPSA) is 95.9 Å². The summed E-state index contributed by atoms with van der Waals surface area (Å²) in [4.78, 5) is 24.7. The third-order valence-corrected chi connectivity index (χ3v) is 18.3. The van der Waals surface area contributed by atoms with Crippen molar-refractivity contribution in [3.8, 4) is 0 Å². The van der Waals surface area contributed by atoms with Gasteiger partial charge in [-0.05, 0) is 51.4 Å². The zero-order valence-electron chi connectivity index (χ0n) is 56.7. The highest BCUT2D eigenvalue weighted by atomic mass is 16.5. The average molecular weight is 1170 g/mol. The van der Waals surface area contributed by atoms with E-state index in [1.54, 1.807) is 0 Å². The van der Waals surface area contributed by atoms with Gasteiger partial charge in [0, 0.05) is 12.8 Å². The second-order valence-corrected chi connectivity index (χ2v) is 26.7. The Hall–Kier alpha value is -1.40. The minimum absolute atomic E-state index is 0.0173. The maximum Gasteiger partial charge on any atom is 0.305 e. The second-order valence-electron chi connectivity index (χ2n) is 26.7. The van der Waals surface area contributed by atoms with Gasteiger partial charge >= 0.3 is 5.97 Å². The summed E-state index contributed by atoms with van der Waals surface area (Å²) in [6.45, 7) is 5.00. The van der Waals surface area contributed by atoms with Crippen molar-refractivity contribution in [3.05, 3.63) is 12.2 Å². The van der Waals surface area contributed by atoms with Gasteiger partial charge in [0.25, 0.3) is 0 Å². The van der Waals surface area contributed by atoms with Gasteiger partial charge in [-0.25, -0.2) is 0 Å². The molecule has 0 heterocycles. The molecule has 2 atom stereocenters. The van der Waals surface area contributed by atoms with Gasteiger partial charge in [-0.15, -0.1) is 0 Å². The zero-order valence-corrected chi connectivity index (χ0v) is 56.7. The van der Waals surface area contributed by atoms with Crippen molar-refractivity contribution >= 4 is 11.9 Å². The molecule has 0 radical (unpaired) electrons. The standard InChI is InChI=1S/C77H151NO5/c1-3-5-7-9-11-13-15-17-19-21-23-34-37-41-45-49-53-57-61-65-69-75(80)74(73-79)78-76(81)70-66-62-58-54-50-46-42-38-35-32-30-28-26-24-25-27-29-31-33-36-40-44-48-52-56-60-64-68-72-83-77(82)71-67-63-59-55-51-47-43-39-22-20-18-16-14-12-10-8-6-4-2/h20,22,74-75,79-80H,3-19,21,23-73H2,1-2H3,(H,78,81)/b22-20-.